The van der Waals surface area contributed by atoms with Gasteiger partial charge in [0.15, 0.2) is 5.38 Å². The van der Waals surface area contributed by atoms with Crippen molar-refractivity contribution in [3.05, 3.63) is 12.7 Å². The van der Waals surface area contributed by atoms with Crippen molar-refractivity contribution in [3.63, 3.8) is 0 Å². The lowest BCUT2D eigenvalue weighted by Crippen LogP contribution is -2.74. The first-order valence-electron chi connectivity index (χ1n) is 8.82. The highest BCUT2D eigenvalue weighted by atomic mass is 35.5. The summed E-state index contributed by atoms with van der Waals surface area (Å²) in [6.07, 6.45) is -10.3. The van der Waals surface area contributed by atoms with Gasteiger partial charge in [-0.3, -0.25) is 4.79 Å². The Balaban J connectivity index is 6.00. The molecule has 0 aliphatic heterocycles. The first kappa shape index (κ1) is 35.8. The van der Waals surface area contributed by atoms with E-state index in [1.807, 2.05) is 0 Å². The van der Waals surface area contributed by atoms with E-state index < -0.39 is 84.6 Å². The minimum atomic E-state index is -8.73. The number of esters is 2. The second kappa shape index (κ2) is 10.7. The van der Waals surface area contributed by atoms with Gasteiger partial charge in [0.25, 0.3) is 0 Å². The van der Waals surface area contributed by atoms with Crippen LogP contribution in [0, 0.1) is 0 Å². The van der Waals surface area contributed by atoms with E-state index in [1.54, 1.807) is 0 Å². The number of hydrogen-bond donors (Lipinski definition) is 0. The summed E-state index contributed by atoms with van der Waals surface area (Å²) in [4.78, 5) is 22.1. The lowest BCUT2D eigenvalue weighted by molar-refractivity contribution is -0.461. The SMILES string of the molecule is C=CC(=O)OCC(Cl)C(=O)OCCC(F)(F)C(F)(F)C(F)(F)C(F)(F)C(F)(F)C(F)(F)C(F)(F)C(F)(F)F. The van der Waals surface area contributed by atoms with E-state index in [0.717, 1.165) is 0 Å². The maximum absolute atomic E-state index is 13.7. The fourth-order valence-corrected chi connectivity index (χ4v) is 2.13. The Labute approximate surface area is 203 Å². The Morgan fingerprint density at radius 1 is 0.658 bits per heavy atom. The molecule has 0 saturated heterocycles. The smallest absolute Gasteiger partial charge is 0.460 e. The molecule has 224 valence electrons. The van der Waals surface area contributed by atoms with Gasteiger partial charge in [0, 0.05) is 6.08 Å². The highest BCUT2D eigenvalue weighted by Gasteiger charge is 2.95. The summed E-state index contributed by atoms with van der Waals surface area (Å²) in [5.41, 5.74) is 0. The van der Waals surface area contributed by atoms with Gasteiger partial charge >= 0.3 is 59.6 Å². The Morgan fingerprint density at radius 3 is 1.39 bits per heavy atom. The molecule has 1 unspecified atom stereocenters. The minimum absolute atomic E-state index is 0.525. The van der Waals surface area contributed by atoms with Crippen molar-refractivity contribution in [2.45, 2.75) is 59.4 Å². The zero-order valence-electron chi connectivity index (χ0n) is 17.4. The van der Waals surface area contributed by atoms with Crippen LogP contribution in [0.4, 0.5) is 74.6 Å². The molecule has 4 nitrogen and oxygen atoms in total. The molecule has 0 bridgehead atoms. The molecule has 0 amide bonds. The summed E-state index contributed by atoms with van der Waals surface area (Å²) in [7, 11) is 0. The number of alkyl halides is 18. The molecule has 0 heterocycles. The third-order valence-electron chi connectivity index (χ3n) is 4.24. The van der Waals surface area contributed by atoms with Gasteiger partial charge in [-0.15, -0.1) is 11.6 Å². The molecular weight excluding hydrogens is 615 g/mol. The van der Waals surface area contributed by atoms with Crippen LogP contribution in [-0.2, 0) is 19.1 Å². The summed E-state index contributed by atoms with van der Waals surface area (Å²) in [5.74, 6) is -60.4. The Kier molecular flexibility index (Phi) is 10.1. The van der Waals surface area contributed by atoms with E-state index in [-0.39, 0.29) is 0 Å². The molecule has 0 saturated carbocycles. The Bertz CT molecular complexity index is 884. The molecule has 38 heavy (non-hydrogen) atoms. The normalized spacial score (nSPS) is 15.6. The predicted octanol–water partition coefficient (Wildman–Crippen LogP) is 6.27. The summed E-state index contributed by atoms with van der Waals surface area (Å²) in [5, 5.41) is -2.09. The van der Waals surface area contributed by atoms with E-state index in [9.17, 15) is 84.2 Å². The van der Waals surface area contributed by atoms with Gasteiger partial charge < -0.3 is 9.47 Å². The van der Waals surface area contributed by atoms with Crippen molar-refractivity contribution in [1.82, 2.24) is 0 Å². The second-order valence-electron chi connectivity index (χ2n) is 6.87. The van der Waals surface area contributed by atoms with Crippen LogP contribution in [0.2, 0.25) is 0 Å². The van der Waals surface area contributed by atoms with Crippen molar-refractivity contribution in [2.75, 3.05) is 13.2 Å². The first-order chi connectivity index (χ1) is 16.5. The molecule has 0 aromatic rings. The maximum Gasteiger partial charge on any atom is 0.460 e. The number of carbonyl (C=O) groups excluding carboxylic acids is 2. The van der Waals surface area contributed by atoms with Crippen LogP contribution in [0.3, 0.4) is 0 Å². The van der Waals surface area contributed by atoms with Crippen LogP contribution < -0.4 is 0 Å². The number of carbonyl (C=O) groups is 2. The van der Waals surface area contributed by atoms with E-state index >= 15 is 0 Å². The number of ether oxygens (including phenoxy) is 2. The fourth-order valence-electron chi connectivity index (χ4n) is 2.01. The van der Waals surface area contributed by atoms with Crippen LogP contribution in [0.25, 0.3) is 0 Å². The lowest BCUT2D eigenvalue weighted by atomic mass is 9.88. The molecule has 0 rings (SSSR count). The highest BCUT2D eigenvalue weighted by Crippen LogP contribution is 2.64. The summed E-state index contributed by atoms with van der Waals surface area (Å²) in [6.45, 7) is -0.363. The quantitative estimate of drug-likeness (QED) is 0.105. The van der Waals surface area contributed by atoms with Crippen LogP contribution in [-0.4, -0.2) is 78.2 Å². The third kappa shape index (κ3) is 5.85. The van der Waals surface area contributed by atoms with Crippen LogP contribution >= 0.6 is 11.6 Å². The molecule has 1 atom stereocenters. The molecule has 0 aliphatic carbocycles. The van der Waals surface area contributed by atoms with Crippen molar-refractivity contribution in [1.29, 1.82) is 0 Å². The van der Waals surface area contributed by atoms with Crippen LogP contribution in [0.5, 0.6) is 0 Å². The molecule has 0 spiro atoms. The minimum Gasteiger partial charge on any atom is -0.464 e. The number of halogens is 18. The van der Waals surface area contributed by atoms with E-state index in [0.29, 0.717) is 6.08 Å². The number of hydrogen-bond acceptors (Lipinski definition) is 4. The van der Waals surface area contributed by atoms with E-state index in [2.05, 4.69) is 16.1 Å². The van der Waals surface area contributed by atoms with Gasteiger partial charge in [-0.1, -0.05) is 6.58 Å². The van der Waals surface area contributed by atoms with E-state index in [1.165, 1.54) is 0 Å². The second-order valence-corrected chi connectivity index (χ2v) is 7.39. The summed E-state index contributed by atoms with van der Waals surface area (Å²) >= 11 is 5.23. The lowest BCUT2D eigenvalue weighted by Gasteiger charge is -2.42. The molecule has 0 fully saturated rings. The number of rotatable bonds is 13. The molecule has 0 N–H and O–H groups in total. The summed E-state index contributed by atoms with van der Waals surface area (Å²) < 4.78 is 231. The predicted molar refractivity (Wildman–Crippen MR) is 87.1 cm³/mol. The zero-order valence-corrected chi connectivity index (χ0v) is 18.2. The van der Waals surface area contributed by atoms with Crippen molar-refractivity contribution in [2.24, 2.45) is 0 Å². The fraction of sp³-hybridized carbons (Fsp3) is 0.750. The standard InChI is InChI=1S/C16H10ClF17O4/c1-2-7(35)38-5-6(17)8(36)37-4-3-9(18,19)10(20,21)11(22,23)12(24,25)13(26,27)14(28,29)15(30,31)16(32,33)34/h2,6H,1,3-5H2. The molecule has 0 aromatic heterocycles. The van der Waals surface area contributed by atoms with Crippen molar-refractivity contribution >= 4 is 23.5 Å². The Morgan fingerprint density at radius 2 is 1.03 bits per heavy atom. The van der Waals surface area contributed by atoms with Gasteiger partial charge in [-0.25, -0.2) is 4.79 Å². The van der Waals surface area contributed by atoms with Gasteiger partial charge in [-0.2, -0.15) is 74.6 Å². The molecule has 22 heteroatoms. The first-order valence-corrected chi connectivity index (χ1v) is 9.26. The maximum atomic E-state index is 13.7. The van der Waals surface area contributed by atoms with Gasteiger partial charge in [-0.05, 0) is 0 Å². The highest BCUT2D eigenvalue weighted by molar-refractivity contribution is 6.30. The van der Waals surface area contributed by atoms with Crippen molar-refractivity contribution < 1.29 is 93.7 Å². The molecule has 0 aliphatic rings. The van der Waals surface area contributed by atoms with Gasteiger partial charge in [0.1, 0.15) is 6.61 Å². The average molecular weight is 625 g/mol. The van der Waals surface area contributed by atoms with Gasteiger partial charge in [0.2, 0.25) is 0 Å². The monoisotopic (exact) mass is 624 g/mol. The molecule has 0 radical (unpaired) electrons. The third-order valence-corrected chi connectivity index (χ3v) is 4.55. The van der Waals surface area contributed by atoms with E-state index in [4.69, 9.17) is 11.6 Å². The van der Waals surface area contributed by atoms with Crippen LogP contribution in [0.1, 0.15) is 6.42 Å². The molecular formula is C16H10ClF17O4. The molecule has 0 aromatic carbocycles. The average Bonchev–Trinajstić information content (AvgIpc) is 2.75. The van der Waals surface area contributed by atoms with Crippen LogP contribution in [0.15, 0.2) is 12.7 Å². The topological polar surface area (TPSA) is 52.6 Å². The van der Waals surface area contributed by atoms with Gasteiger partial charge in [0.05, 0.1) is 13.0 Å². The Hall–Kier alpha value is -2.22. The zero-order chi connectivity index (χ0) is 31.0. The van der Waals surface area contributed by atoms with Crippen molar-refractivity contribution in [3.8, 4) is 0 Å². The largest absolute Gasteiger partial charge is 0.464 e. The summed E-state index contributed by atoms with van der Waals surface area (Å²) in [6, 6.07) is 0.